The molecule has 1 aliphatic heterocycles. The molecule has 0 radical (unpaired) electrons. The van der Waals surface area contributed by atoms with Crippen LogP contribution in [0.25, 0.3) is 5.65 Å². The lowest BCUT2D eigenvalue weighted by molar-refractivity contribution is 0.115. The predicted octanol–water partition coefficient (Wildman–Crippen LogP) is 6.61. The van der Waals surface area contributed by atoms with Crippen molar-refractivity contribution in [2.45, 2.75) is 98.3 Å². The van der Waals surface area contributed by atoms with Gasteiger partial charge in [-0.1, -0.05) is 72.7 Å². The Kier molecular flexibility index (Phi) is 9.23. The standard InChI is InChI=1S/C36H52N8O2/c1-11-42(10)36(8,9)22-43-23-37-29(34(2,3)4)20-31(43)39-33(45)38-27-17-18-28(26-15-13-12-14-25(26)27)46-24-16-19-30-40-41-32(35(5,6)7)44(30)21-24/h12-16,19-21,27-28H,11,17-18,22-23H2,1-10H3,(H2,38,39,45)/t27-,28+/m0/s1. The topological polar surface area (TPSA) is 99.4 Å². The van der Waals surface area contributed by atoms with Crippen LogP contribution in [-0.2, 0) is 5.41 Å². The average molecular weight is 629 g/mol. The Balaban J connectivity index is 1.32. The second-order valence-corrected chi connectivity index (χ2v) is 15.3. The van der Waals surface area contributed by atoms with E-state index in [2.05, 4.69) is 112 Å². The number of carbonyl (C=O) groups is 1. The van der Waals surface area contributed by atoms with Gasteiger partial charge in [0, 0.05) is 34.7 Å². The summed E-state index contributed by atoms with van der Waals surface area (Å²) in [6.07, 6.45) is 5.39. The van der Waals surface area contributed by atoms with Crippen molar-refractivity contribution >= 4 is 17.4 Å². The van der Waals surface area contributed by atoms with Crippen LogP contribution in [0.15, 0.2) is 59.5 Å². The SMILES string of the molecule is CCN(C)C(C)(C)CN1CN=C(C(C)(C)C)C=C1NC(=O)N[C@H]1CC[C@@H](Oc2ccc3nnc(C(C)(C)C)n3c2)c2ccccc21. The molecule has 46 heavy (non-hydrogen) atoms. The number of nitrogens with zero attached hydrogens (tertiary/aromatic N) is 6. The molecule has 0 fully saturated rings. The lowest BCUT2D eigenvalue weighted by atomic mass is 9.85. The van der Waals surface area contributed by atoms with Gasteiger partial charge in [0.2, 0.25) is 0 Å². The van der Waals surface area contributed by atoms with Crippen LogP contribution in [0, 0.1) is 5.41 Å². The van der Waals surface area contributed by atoms with Gasteiger partial charge in [0.15, 0.2) is 5.65 Å². The summed E-state index contributed by atoms with van der Waals surface area (Å²) >= 11 is 0. The van der Waals surface area contributed by atoms with Gasteiger partial charge in [-0.2, -0.15) is 0 Å². The molecule has 2 N–H and O–H groups in total. The molecule has 10 nitrogen and oxygen atoms in total. The predicted molar refractivity (Wildman–Crippen MR) is 184 cm³/mol. The number of benzene rings is 1. The zero-order valence-corrected chi connectivity index (χ0v) is 29.3. The number of pyridine rings is 1. The fraction of sp³-hybridized carbons (Fsp3) is 0.556. The van der Waals surface area contributed by atoms with E-state index in [4.69, 9.17) is 9.73 Å². The van der Waals surface area contributed by atoms with Gasteiger partial charge in [-0.3, -0.25) is 19.6 Å². The third-order valence-corrected chi connectivity index (χ3v) is 9.19. The minimum absolute atomic E-state index is 0.106. The summed E-state index contributed by atoms with van der Waals surface area (Å²) in [5.41, 5.74) is 3.55. The molecule has 2 aliphatic rings. The number of carbonyl (C=O) groups excluding carboxylic acids is 1. The third kappa shape index (κ3) is 7.22. The molecule has 2 amide bonds. The monoisotopic (exact) mass is 628 g/mol. The maximum Gasteiger partial charge on any atom is 0.320 e. The van der Waals surface area contributed by atoms with Gasteiger partial charge in [0.25, 0.3) is 0 Å². The molecule has 0 saturated carbocycles. The summed E-state index contributed by atoms with van der Waals surface area (Å²) in [6, 6.07) is 11.8. The Labute approximate surface area is 274 Å². The van der Waals surface area contributed by atoms with Crippen LogP contribution in [0.5, 0.6) is 5.75 Å². The van der Waals surface area contributed by atoms with Crippen LogP contribution in [0.4, 0.5) is 4.79 Å². The van der Waals surface area contributed by atoms with E-state index < -0.39 is 0 Å². The van der Waals surface area contributed by atoms with Crippen molar-refractivity contribution in [3.63, 3.8) is 0 Å². The zero-order chi connectivity index (χ0) is 33.4. The van der Waals surface area contributed by atoms with Crippen molar-refractivity contribution in [3.05, 3.63) is 71.4 Å². The number of aromatic nitrogens is 3. The van der Waals surface area contributed by atoms with Crippen LogP contribution in [0.1, 0.15) is 104 Å². The lowest BCUT2D eigenvalue weighted by Gasteiger charge is -2.42. The van der Waals surface area contributed by atoms with Crippen molar-refractivity contribution in [1.29, 1.82) is 0 Å². The third-order valence-electron chi connectivity index (χ3n) is 9.19. The summed E-state index contributed by atoms with van der Waals surface area (Å²) in [7, 11) is 2.13. The van der Waals surface area contributed by atoms with Crippen LogP contribution in [0.2, 0.25) is 0 Å². The second kappa shape index (κ2) is 12.7. The Morgan fingerprint density at radius 3 is 2.37 bits per heavy atom. The summed E-state index contributed by atoms with van der Waals surface area (Å²) in [6.45, 7) is 21.6. The van der Waals surface area contributed by atoms with Crippen molar-refractivity contribution in [2.75, 3.05) is 26.8 Å². The average Bonchev–Trinajstić information content (AvgIpc) is 3.42. The van der Waals surface area contributed by atoms with E-state index in [0.717, 1.165) is 65.8 Å². The summed E-state index contributed by atoms with van der Waals surface area (Å²) in [4.78, 5) is 23.0. The first-order chi connectivity index (χ1) is 21.6. The van der Waals surface area contributed by atoms with Crippen molar-refractivity contribution in [3.8, 4) is 5.75 Å². The number of urea groups is 1. The molecule has 10 heteroatoms. The zero-order valence-electron chi connectivity index (χ0n) is 29.3. The number of allylic oxidation sites excluding steroid dienone is 1. The highest BCUT2D eigenvalue weighted by Crippen LogP contribution is 2.39. The molecule has 3 heterocycles. The first-order valence-corrected chi connectivity index (χ1v) is 16.5. The van der Waals surface area contributed by atoms with E-state index in [-0.39, 0.29) is 34.5 Å². The minimum Gasteiger partial charge on any atom is -0.484 e. The second-order valence-electron chi connectivity index (χ2n) is 15.3. The first-order valence-electron chi connectivity index (χ1n) is 16.5. The lowest BCUT2D eigenvalue weighted by Crippen LogP contribution is -2.53. The molecule has 0 unspecified atom stereocenters. The Hall–Kier alpha value is -3.92. The molecule has 0 bridgehead atoms. The number of hydrogen-bond acceptors (Lipinski definition) is 7. The largest absolute Gasteiger partial charge is 0.484 e. The summed E-state index contributed by atoms with van der Waals surface area (Å²) in [5.74, 6) is 2.43. The number of aliphatic imine (C=N–C) groups is 1. The van der Waals surface area contributed by atoms with Gasteiger partial charge < -0.3 is 15.0 Å². The van der Waals surface area contributed by atoms with E-state index in [0.29, 0.717) is 6.67 Å². The quantitative estimate of drug-likeness (QED) is 0.291. The van der Waals surface area contributed by atoms with Crippen LogP contribution < -0.4 is 15.4 Å². The minimum atomic E-state index is -0.222. The van der Waals surface area contributed by atoms with Crippen LogP contribution in [-0.4, -0.2) is 68.5 Å². The Morgan fingerprint density at radius 1 is 0.978 bits per heavy atom. The Bertz CT molecular complexity index is 1620. The number of likely N-dealkylation sites (N-methyl/N-ethyl adjacent to an activating group) is 1. The van der Waals surface area contributed by atoms with Gasteiger partial charge in [0.1, 0.15) is 30.2 Å². The van der Waals surface area contributed by atoms with Gasteiger partial charge in [-0.25, -0.2) is 4.79 Å². The highest BCUT2D eigenvalue weighted by Gasteiger charge is 2.33. The highest BCUT2D eigenvalue weighted by atomic mass is 16.5. The van der Waals surface area contributed by atoms with Gasteiger partial charge >= 0.3 is 6.03 Å². The van der Waals surface area contributed by atoms with E-state index in [9.17, 15) is 4.79 Å². The summed E-state index contributed by atoms with van der Waals surface area (Å²) in [5, 5.41) is 15.2. The Morgan fingerprint density at radius 2 is 1.70 bits per heavy atom. The van der Waals surface area contributed by atoms with Crippen LogP contribution in [0.3, 0.4) is 0 Å². The molecular formula is C36H52N8O2. The molecule has 0 saturated heterocycles. The first kappa shape index (κ1) is 33.4. The molecular weight excluding hydrogens is 576 g/mol. The smallest absolute Gasteiger partial charge is 0.320 e. The van der Waals surface area contributed by atoms with Gasteiger partial charge in [-0.15, -0.1) is 10.2 Å². The number of ether oxygens (including phenoxy) is 1. The van der Waals surface area contributed by atoms with E-state index in [1.54, 1.807) is 0 Å². The van der Waals surface area contributed by atoms with E-state index in [1.807, 2.05) is 40.9 Å². The highest BCUT2D eigenvalue weighted by molar-refractivity contribution is 6.00. The van der Waals surface area contributed by atoms with Gasteiger partial charge in [-0.05, 0) is 63.5 Å². The maximum atomic E-state index is 13.6. The number of fused-ring (bicyclic) bond motifs is 2. The molecule has 248 valence electrons. The molecule has 3 aromatic rings. The molecule has 5 rings (SSSR count). The molecule has 1 aliphatic carbocycles. The molecule has 1 aromatic carbocycles. The maximum absolute atomic E-state index is 13.6. The van der Waals surface area contributed by atoms with E-state index >= 15 is 0 Å². The molecule has 0 spiro atoms. The van der Waals surface area contributed by atoms with Crippen molar-refractivity contribution < 1.29 is 9.53 Å². The van der Waals surface area contributed by atoms with E-state index in [1.165, 1.54) is 0 Å². The normalized spacial score (nSPS) is 19.1. The number of rotatable bonds is 8. The fourth-order valence-electron chi connectivity index (χ4n) is 6.17. The molecule has 2 atom stereocenters. The van der Waals surface area contributed by atoms with Crippen LogP contribution >= 0.6 is 0 Å². The van der Waals surface area contributed by atoms with Gasteiger partial charge in [0.05, 0.1) is 12.2 Å². The summed E-state index contributed by atoms with van der Waals surface area (Å²) < 4.78 is 8.61. The number of hydrogen-bond donors (Lipinski definition) is 2. The molecule has 2 aromatic heterocycles. The van der Waals surface area contributed by atoms with Crippen molar-refractivity contribution in [2.24, 2.45) is 10.4 Å². The number of amides is 2. The fourth-order valence-corrected chi connectivity index (χ4v) is 6.17. The van der Waals surface area contributed by atoms with Crippen molar-refractivity contribution in [1.82, 2.24) is 35.0 Å². The number of nitrogens with one attached hydrogen (secondary N) is 2.